The van der Waals surface area contributed by atoms with Crippen LogP contribution in [0.3, 0.4) is 0 Å². The van der Waals surface area contributed by atoms with Crippen molar-refractivity contribution in [3.8, 4) is 5.75 Å². The van der Waals surface area contributed by atoms with E-state index in [0.717, 1.165) is 0 Å². The summed E-state index contributed by atoms with van der Waals surface area (Å²) in [6.07, 6.45) is -1.22. The van der Waals surface area contributed by atoms with Crippen molar-refractivity contribution < 1.29 is 29.7 Å². The minimum atomic E-state index is -1.28. The molecule has 0 saturated carbocycles. The van der Waals surface area contributed by atoms with Crippen molar-refractivity contribution in [2.24, 2.45) is 5.73 Å². The summed E-state index contributed by atoms with van der Waals surface area (Å²) < 4.78 is 0. The molecule has 0 aliphatic heterocycles. The van der Waals surface area contributed by atoms with Gasteiger partial charge in [0, 0.05) is 18.4 Å². The van der Waals surface area contributed by atoms with Gasteiger partial charge in [0.15, 0.2) is 0 Å². The van der Waals surface area contributed by atoms with E-state index in [4.69, 9.17) is 5.73 Å². The van der Waals surface area contributed by atoms with Crippen LogP contribution in [0, 0.1) is 0 Å². The Morgan fingerprint density at radius 2 is 1.83 bits per heavy atom. The zero-order valence-corrected chi connectivity index (χ0v) is 16.8. The minimum absolute atomic E-state index is 0.0685. The molecule has 0 fully saturated rings. The number of hydrogen-bond acceptors (Lipinski definition) is 7. The summed E-state index contributed by atoms with van der Waals surface area (Å²) in [4.78, 5) is 36.6. The molecule has 0 radical (unpaired) electrons. The molecule has 10 nitrogen and oxygen atoms in total. The third-order valence-corrected chi connectivity index (χ3v) is 5.02. The van der Waals surface area contributed by atoms with Gasteiger partial charge >= 0.3 is 0 Å². The number of aliphatic hydroxyl groups is 2. The number of phenols is 1. The first-order valence-electron chi connectivity index (χ1n) is 9.55. The van der Waals surface area contributed by atoms with E-state index >= 15 is 0 Å². The first-order chi connectivity index (χ1) is 14.1. The summed E-state index contributed by atoms with van der Waals surface area (Å²) in [5.41, 5.74) is 6.20. The average molecular weight is 420 g/mol. The van der Waals surface area contributed by atoms with E-state index in [1.54, 1.807) is 26.1 Å². The molecular weight excluding hydrogens is 392 g/mol. The van der Waals surface area contributed by atoms with Gasteiger partial charge in [-0.05, 0) is 31.7 Å². The highest BCUT2D eigenvalue weighted by atomic mass is 16.3. The van der Waals surface area contributed by atoms with Crippen molar-refractivity contribution in [2.75, 3.05) is 7.05 Å². The van der Waals surface area contributed by atoms with Gasteiger partial charge in [0.05, 0.1) is 18.2 Å². The van der Waals surface area contributed by atoms with Gasteiger partial charge in [-0.15, -0.1) is 0 Å². The number of aromatic hydroxyl groups is 1. The van der Waals surface area contributed by atoms with E-state index < -0.39 is 48.1 Å². The fourth-order valence-corrected chi connectivity index (χ4v) is 3.03. The quantitative estimate of drug-likeness (QED) is 0.256. The molecular formula is C20H28N4O6. The average Bonchev–Trinajstić information content (AvgIpc) is 2.71. The van der Waals surface area contributed by atoms with E-state index in [1.807, 2.05) is 0 Å². The molecule has 1 aromatic carbocycles. The van der Waals surface area contributed by atoms with Crippen LogP contribution < -0.4 is 21.7 Å². The molecule has 1 aliphatic carbocycles. The first-order valence-corrected chi connectivity index (χ1v) is 9.55. The minimum Gasteiger partial charge on any atom is -0.508 e. The Labute approximate surface area is 174 Å². The summed E-state index contributed by atoms with van der Waals surface area (Å²) in [5, 5.41) is 37.5. The molecule has 2 rings (SSSR count). The highest BCUT2D eigenvalue weighted by molar-refractivity contribution is 5.97. The molecule has 0 bridgehead atoms. The van der Waals surface area contributed by atoms with Gasteiger partial charge < -0.3 is 37.0 Å². The number of nitrogens with one attached hydrogen (secondary N) is 3. The molecule has 8 N–H and O–H groups in total. The van der Waals surface area contributed by atoms with E-state index in [0.29, 0.717) is 5.56 Å². The van der Waals surface area contributed by atoms with Gasteiger partial charge in [0.1, 0.15) is 17.9 Å². The first kappa shape index (κ1) is 23.3. The molecule has 164 valence electrons. The normalized spacial score (nSPS) is 23.1. The molecule has 0 saturated heterocycles. The van der Waals surface area contributed by atoms with Crippen molar-refractivity contribution >= 4 is 17.7 Å². The summed E-state index contributed by atoms with van der Waals surface area (Å²) in [7, 11) is 1.60. The number of primary amides is 1. The maximum atomic E-state index is 12.7. The predicted molar refractivity (Wildman–Crippen MR) is 108 cm³/mol. The number of carbonyl (C=O) groups excluding carboxylic acids is 3. The molecule has 0 aromatic heterocycles. The highest BCUT2D eigenvalue weighted by Gasteiger charge is 2.35. The van der Waals surface area contributed by atoms with E-state index in [1.165, 1.54) is 18.2 Å². The number of aliphatic hydroxyl groups excluding tert-OH is 2. The number of phenolic OH excluding ortho intramolecular Hbond substituents is 1. The predicted octanol–water partition coefficient (Wildman–Crippen LogP) is -1.95. The number of rotatable bonds is 8. The SMILES string of the molecule is CN[C@@H](C)C(=O)N[C@@H]1C=C(C(=O)N[C@@H](Cc2ccc(O)cc2)C(N)=O)C[C@@H](O)[C@@H]1O. The second-order valence-electron chi connectivity index (χ2n) is 7.30. The van der Waals surface area contributed by atoms with E-state index in [-0.39, 0.29) is 24.2 Å². The fourth-order valence-electron chi connectivity index (χ4n) is 3.03. The van der Waals surface area contributed by atoms with Gasteiger partial charge in [0.25, 0.3) is 0 Å². The molecule has 3 amide bonds. The lowest BCUT2D eigenvalue weighted by Crippen LogP contribution is -2.54. The van der Waals surface area contributed by atoms with Crippen LogP contribution in [-0.4, -0.2) is 70.4 Å². The molecule has 30 heavy (non-hydrogen) atoms. The summed E-state index contributed by atoms with van der Waals surface area (Å²) in [5.74, 6) is -1.72. The lowest BCUT2D eigenvalue weighted by atomic mass is 9.89. The number of amides is 3. The van der Waals surface area contributed by atoms with Crippen molar-refractivity contribution in [1.82, 2.24) is 16.0 Å². The lowest BCUT2D eigenvalue weighted by molar-refractivity contribution is -0.126. The van der Waals surface area contributed by atoms with Gasteiger partial charge in [-0.2, -0.15) is 0 Å². The number of nitrogens with two attached hydrogens (primary N) is 1. The number of hydrogen-bond donors (Lipinski definition) is 7. The summed E-state index contributed by atoms with van der Waals surface area (Å²) >= 11 is 0. The zero-order valence-electron chi connectivity index (χ0n) is 16.8. The Balaban J connectivity index is 2.13. The van der Waals surface area contributed by atoms with Gasteiger partial charge in [-0.3, -0.25) is 14.4 Å². The van der Waals surface area contributed by atoms with Gasteiger partial charge in [-0.1, -0.05) is 18.2 Å². The van der Waals surface area contributed by atoms with Crippen LogP contribution in [0.4, 0.5) is 0 Å². The second-order valence-corrected chi connectivity index (χ2v) is 7.30. The van der Waals surface area contributed by atoms with E-state index in [2.05, 4.69) is 16.0 Å². The number of likely N-dealkylation sites (N-methyl/N-ethyl adjacent to an activating group) is 1. The van der Waals surface area contributed by atoms with Crippen LogP contribution in [0.1, 0.15) is 18.9 Å². The molecule has 0 spiro atoms. The topological polar surface area (TPSA) is 174 Å². The standard InChI is InChI=1S/C20H28N4O6/c1-10(22-2)19(29)23-14-8-12(9-16(26)17(14)27)20(30)24-15(18(21)28)7-11-3-5-13(25)6-4-11/h3-6,8,10,14-17,22,25-27H,7,9H2,1-2H3,(H2,21,28)(H,23,29)(H,24,30)/t10-,14+,15-,16+,17+/m0/s1. The van der Waals surface area contributed by atoms with Crippen molar-refractivity contribution in [1.29, 1.82) is 0 Å². The van der Waals surface area contributed by atoms with Gasteiger partial charge in [-0.25, -0.2) is 0 Å². The Bertz CT molecular complexity index is 810. The third kappa shape index (κ3) is 6.02. The summed E-state index contributed by atoms with van der Waals surface area (Å²) in [6.45, 7) is 1.62. The largest absolute Gasteiger partial charge is 0.508 e. The van der Waals surface area contributed by atoms with Crippen LogP contribution in [0.2, 0.25) is 0 Å². The lowest BCUT2D eigenvalue weighted by Gasteiger charge is -2.32. The molecule has 5 atom stereocenters. The van der Waals surface area contributed by atoms with Gasteiger partial charge in [0.2, 0.25) is 17.7 Å². The van der Waals surface area contributed by atoms with Crippen LogP contribution >= 0.6 is 0 Å². The maximum absolute atomic E-state index is 12.7. The van der Waals surface area contributed by atoms with Crippen molar-refractivity contribution in [3.05, 3.63) is 41.5 Å². The Morgan fingerprint density at radius 1 is 1.20 bits per heavy atom. The fraction of sp³-hybridized carbons (Fsp3) is 0.450. The Hall–Kier alpha value is -2.95. The second kappa shape index (κ2) is 10.2. The van der Waals surface area contributed by atoms with Crippen molar-refractivity contribution in [3.63, 3.8) is 0 Å². The molecule has 0 heterocycles. The van der Waals surface area contributed by atoms with Crippen LogP contribution in [0.25, 0.3) is 0 Å². The zero-order chi connectivity index (χ0) is 22.4. The van der Waals surface area contributed by atoms with Crippen LogP contribution in [0.5, 0.6) is 5.75 Å². The third-order valence-electron chi connectivity index (χ3n) is 5.02. The molecule has 1 aromatic rings. The summed E-state index contributed by atoms with van der Waals surface area (Å²) in [6, 6.07) is 3.59. The molecule has 10 heteroatoms. The van der Waals surface area contributed by atoms with E-state index in [9.17, 15) is 29.7 Å². The van der Waals surface area contributed by atoms with Crippen LogP contribution in [0.15, 0.2) is 35.9 Å². The highest BCUT2D eigenvalue weighted by Crippen LogP contribution is 2.20. The number of benzene rings is 1. The van der Waals surface area contributed by atoms with Crippen molar-refractivity contribution in [2.45, 2.75) is 50.1 Å². The Morgan fingerprint density at radius 3 is 2.40 bits per heavy atom. The van der Waals surface area contributed by atoms with Crippen LogP contribution in [-0.2, 0) is 20.8 Å². The maximum Gasteiger partial charge on any atom is 0.247 e. The molecule has 0 unspecified atom stereocenters. The Kier molecular flexibility index (Phi) is 7.93. The number of carbonyl (C=O) groups is 3. The monoisotopic (exact) mass is 420 g/mol. The smallest absolute Gasteiger partial charge is 0.247 e. The molecule has 1 aliphatic rings.